The minimum Gasteiger partial charge on any atom is -0.466 e. The van der Waals surface area contributed by atoms with E-state index in [0.717, 1.165) is 21.8 Å². The van der Waals surface area contributed by atoms with Crippen molar-refractivity contribution < 1.29 is 14.4 Å². The summed E-state index contributed by atoms with van der Waals surface area (Å²) in [6.07, 6.45) is 3.62. The van der Waals surface area contributed by atoms with Crippen molar-refractivity contribution >= 4 is 44.9 Å². The first-order valence-electron chi connectivity index (χ1n) is 7.23. The first-order valence-corrected chi connectivity index (χ1v) is 7.61. The summed E-state index contributed by atoms with van der Waals surface area (Å²) in [5, 5.41) is 7.20. The van der Waals surface area contributed by atoms with Gasteiger partial charge in [0.25, 0.3) is 0 Å². The number of pyridine rings is 2. The summed E-state index contributed by atoms with van der Waals surface area (Å²) in [5.74, 6) is -0.500. The lowest BCUT2D eigenvalue weighted by Crippen LogP contribution is -2.14. The van der Waals surface area contributed by atoms with Crippen LogP contribution in [0.2, 0.25) is 5.02 Å². The molecule has 0 atom stereocenters. The van der Waals surface area contributed by atoms with Crippen molar-refractivity contribution in [3.63, 3.8) is 0 Å². The third-order valence-corrected chi connectivity index (χ3v) is 4.18. The number of methoxy groups -OCH3 is 1. The molecule has 0 aliphatic rings. The van der Waals surface area contributed by atoms with E-state index in [4.69, 9.17) is 16.4 Å². The minimum atomic E-state index is -0.500. The Morgan fingerprint density at radius 3 is 3.04 bits per heavy atom. The molecule has 0 aliphatic heterocycles. The molecule has 0 radical (unpaired) electrons. The Hall–Kier alpha value is -2.86. The molecule has 7 heteroatoms. The maximum Gasteiger partial charge on any atom is 0.346 e. The highest BCUT2D eigenvalue weighted by molar-refractivity contribution is 6.36. The number of nitrogens with zero attached hydrogens (tertiary/aromatic N) is 3. The number of carbonyl (C=O) groups excluding carboxylic acids is 1. The molecule has 0 amide bonds. The van der Waals surface area contributed by atoms with Crippen LogP contribution in [0.25, 0.3) is 27.3 Å². The third kappa shape index (κ3) is 2.15. The van der Waals surface area contributed by atoms with Crippen LogP contribution in [0.1, 0.15) is 0 Å². The lowest BCUT2D eigenvalue weighted by Gasteiger charge is -2.10. The summed E-state index contributed by atoms with van der Waals surface area (Å²) in [4.78, 5) is 20.8. The van der Waals surface area contributed by atoms with Gasteiger partial charge in [-0.1, -0.05) is 22.8 Å². The molecule has 0 N–H and O–H groups in total. The van der Waals surface area contributed by atoms with E-state index in [2.05, 4.69) is 14.9 Å². The van der Waals surface area contributed by atoms with Gasteiger partial charge in [-0.25, -0.2) is 4.79 Å². The van der Waals surface area contributed by atoms with Gasteiger partial charge in [-0.2, -0.15) is 0 Å². The molecule has 0 aliphatic carbocycles. The molecule has 0 spiro atoms. The van der Waals surface area contributed by atoms with Crippen molar-refractivity contribution in [1.82, 2.24) is 9.38 Å². The van der Waals surface area contributed by atoms with Crippen molar-refractivity contribution in [3.8, 4) is 0 Å². The van der Waals surface area contributed by atoms with Crippen LogP contribution in [0, 0.1) is 0 Å². The predicted octanol–water partition coefficient (Wildman–Crippen LogP) is 2.74. The molecule has 120 valence electrons. The van der Waals surface area contributed by atoms with E-state index in [-0.39, 0.29) is 6.61 Å². The summed E-state index contributed by atoms with van der Waals surface area (Å²) in [5.41, 5.74) is 2.32. The van der Waals surface area contributed by atoms with Crippen LogP contribution in [0.4, 0.5) is 0 Å². The number of rotatable bonds is 3. The van der Waals surface area contributed by atoms with Gasteiger partial charge in [-0.05, 0) is 29.7 Å². The van der Waals surface area contributed by atoms with Crippen LogP contribution in [0.15, 0.2) is 47.9 Å². The van der Waals surface area contributed by atoms with Gasteiger partial charge in [0.15, 0.2) is 5.36 Å². The van der Waals surface area contributed by atoms with Crippen molar-refractivity contribution in [2.45, 2.75) is 0 Å². The number of benzene rings is 1. The average molecular weight is 342 g/mol. The number of esters is 1. The van der Waals surface area contributed by atoms with Crippen LogP contribution in [0.3, 0.4) is 0 Å². The van der Waals surface area contributed by atoms with Gasteiger partial charge in [0.1, 0.15) is 5.52 Å². The topological polar surface area (TPSA) is 65.2 Å². The second-order valence-electron chi connectivity index (χ2n) is 5.21. The van der Waals surface area contributed by atoms with E-state index in [1.54, 1.807) is 6.20 Å². The van der Waals surface area contributed by atoms with Gasteiger partial charge in [0.2, 0.25) is 6.61 Å². The second-order valence-corrected chi connectivity index (χ2v) is 5.61. The Kier molecular flexibility index (Phi) is 3.46. The zero-order valence-corrected chi connectivity index (χ0v) is 13.4. The summed E-state index contributed by atoms with van der Waals surface area (Å²) in [7, 11) is 1.30. The standard InChI is InChI=1S/C17H12ClN3O3/c1-23-13(22)9-24-20-15-12-3-2-8-21(12)17-11(18)5-4-10-6-7-19-16(15)14(10)17/h2-8H,9H2,1H3/b20-15+. The van der Waals surface area contributed by atoms with Crippen LogP contribution >= 0.6 is 11.6 Å². The molecule has 0 fully saturated rings. The van der Waals surface area contributed by atoms with Gasteiger partial charge < -0.3 is 14.0 Å². The predicted molar refractivity (Wildman–Crippen MR) is 89.9 cm³/mol. The summed E-state index contributed by atoms with van der Waals surface area (Å²) < 4.78 is 6.50. The summed E-state index contributed by atoms with van der Waals surface area (Å²) >= 11 is 6.43. The molecule has 4 rings (SSSR count). The molecular formula is C17H12ClN3O3. The van der Waals surface area contributed by atoms with E-state index in [1.807, 2.05) is 40.9 Å². The molecule has 1 aromatic carbocycles. The van der Waals surface area contributed by atoms with Crippen molar-refractivity contribution in [1.29, 1.82) is 0 Å². The Bertz CT molecular complexity index is 1140. The number of hydrogen-bond donors (Lipinski definition) is 0. The Morgan fingerprint density at radius 2 is 2.21 bits per heavy atom. The zero-order chi connectivity index (χ0) is 16.7. The van der Waals surface area contributed by atoms with Crippen molar-refractivity contribution in [2.24, 2.45) is 5.16 Å². The van der Waals surface area contributed by atoms with E-state index in [9.17, 15) is 4.79 Å². The summed E-state index contributed by atoms with van der Waals surface area (Å²) in [6.45, 7) is -0.265. The molecule has 3 heterocycles. The smallest absolute Gasteiger partial charge is 0.346 e. The van der Waals surface area contributed by atoms with Gasteiger partial charge in [0.05, 0.1) is 23.2 Å². The van der Waals surface area contributed by atoms with Crippen LogP contribution in [-0.4, -0.2) is 29.1 Å². The molecular weight excluding hydrogens is 330 g/mol. The maximum atomic E-state index is 11.2. The Labute approximate surface area is 141 Å². The van der Waals surface area contributed by atoms with Crippen LogP contribution < -0.4 is 5.36 Å². The number of aromatic nitrogens is 2. The minimum absolute atomic E-state index is 0.265. The monoisotopic (exact) mass is 341 g/mol. The zero-order valence-electron chi connectivity index (χ0n) is 12.7. The van der Waals surface area contributed by atoms with Crippen LogP contribution in [-0.2, 0) is 14.4 Å². The maximum absolute atomic E-state index is 11.2. The van der Waals surface area contributed by atoms with Gasteiger partial charge in [-0.15, -0.1) is 0 Å². The van der Waals surface area contributed by atoms with Crippen molar-refractivity contribution in [2.75, 3.05) is 13.7 Å². The largest absolute Gasteiger partial charge is 0.466 e. The molecule has 0 unspecified atom stereocenters. The fraction of sp³-hybridized carbons (Fsp3) is 0.118. The highest BCUT2D eigenvalue weighted by Crippen LogP contribution is 2.30. The van der Waals surface area contributed by atoms with Gasteiger partial charge in [0, 0.05) is 17.8 Å². The fourth-order valence-corrected chi connectivity index (χ4v) is 3.08. The molecule has 3 aromatic heterocycles. The Morgan fingerprint density at radius 1 is 1.33 bits per heavy atom. The first-order chi connectivity index (χ1) is 11.7. The third-order valence-electron chi connectivity index (χ3n) is 3.88. The normalized spacial score (nSPS) is 12.3. The molecule has 0 saturated carbocycles. The quantitative estimate of drug-likeness (QED) is 0.424. The van der Waals surface area contributed by atoms with Crippen molar-refractivity contribution in [3.05, 3.63) is 53.1 Å². The van der Waals surface area contributed by atoms with E-state index < -0.39 is 5.97 Å². The number of ether oxygens (including phenoxy) is 1. The second kappa shape index (κ2) is 5.65. The summed E-state index contributed by atoms with van der Waals surface area (Å²) in [6, 6.07) is 9.51. The van der Waals surface area contributed by atoms with E-state index in [1.165, 1.54) is 7.11 Å². The average Bonchev–Trinajstić information content (AvgIpc) is 3.08. The number of carbonyl (C=O) groups is 1. The molecule has 24 heavy (non-hydrogen) atoms. The SMILES string of the molecule is COC(=O)CO/N=c1/c2nccc3ccc(Cl)c(c32)n2cccc12. The number of halogens is 1. The van der Waals surface area contributed by atoms with Gasteiger partial charge in [-0.3, -0.25) is 4.98 Å². The number of hydrogen-bond acceptors (Lipinski definition) is 5. The van der Waals surface area contributed by atoms with E-state index in [0.29, 0.717) is 15.9 Å². The highest BCUT2D eigenvalue weighted by atomic mass is 35.5. The first kappa shape index (κ1) is 14.7. The lowest BCUT2D eigenvalue weighted by molar-refractivity contribution is -0.146. The molecule has 0 saturated heterocycles. The number of fused-ring (bicyclic) bond motifs is 2. The molecule has 0 bridgehead atoms. The Balaban J connectivity index is 2.09. The van der Waals surface area contributed by atoms with Crippen LogP contribution in [0.5, 0.6) is 0 Å². The van der Waals surface area contributed by atoms with E-state index >= 15 is 0 Å². The molecule has 4 aromatic rings. The highest BCUT2D eigenvalue weighted by Gasteiger charge is 2.14. The molecule has 6 nitrogen and oxygen atoms in total. The van der Waals surface area contributed by atoms with Gasteiger partial charge >= 0.3 is 5.97 Å². The lowest BCUT2D eigenvalue weighted by atomic mass is 10.1. The fourth-order valence-electron chi connectivity index (χ4n) is 2.83.